The second-order valence-corrected chi connectivity index (χ2v) is 9.58. The molecule has 0 unspecified atom stereocenters. The van der Waals surface area contributed by atoms with E-state index in [-0.39, 0.29) is 29.5 Å². The lowest BCUT2D eigenvalue weighted by atomic mass is 10.0. The number of nitrogens with zero attached hydrogens (tertiary/aromatic N) is 1. The van der Waals surface area contributed by atoms with Crippen molar-refractivity contribution >= 4 is 29.7 Å². The van der Waals surface area contributed by atoms with Gasteiger partial charge < -0.3 is 20.3 Å². The fraction of sp³-hybridized carbons (Fsp3) is 0.571. The van der Waals surface area contributed by atoms with Gasteiger partial charge in [-0.05, 0) is 52.7 Å². The van der Waals surface area contributed by atoms with Gasteiger partial charge in [0.1, 0.15) is 5.25 Å². The van der Waals surface area contributed by atoms with Crippen LogP contribution in [-0.2, 0) is 9.53 Å². The summed E-state index contributed by atoms with van der Waals surface area (Å²) in [6.45, 7) is 8.81. The summed E-state index contributed by atoms with van der Waals surface area (Å²) in [5.41, 5.74) is 0.270. The first kappa shape index (κ1) is 23.1. The van der Waals surface area contributed by atoms with Crippen molar-refractivity contribution < 1.29 is 19.1 Å². The van der Waals surface area contributed by atoms with Gasteiger partial charge in [0.05, 0.1) is 12.7 Å². The molecular formula is C21H31N3O4S. The summed E-state index contributed by atoms with van der Waals surface area (Å²) in [5.74, 6) is -0.492. The van der Waals surface area contributed by atoms with E-state index in [1.165, 1.54) is 18.9 Å². The van der Waals surface area contributed by atoms with Gasteiger partial charge in [-0.1, -0.05) is 12.1 Å². The van der Waals surface area contributed by atoms with E-state index in [1.807, 2.05) is 32.9 Å². The molecule has 2 N–H and O–H groups in total. The second kappa shape index (κ2) is 10.0. The molecule has 2 rings (SSSR count). The molecule has 0 radical (unpaired) electrons. The monoisotopic (exact) mass is 421 g/mol. The van der Waals surface area contributed by atoms with Crippen molar-refractivity contribution in [3.8, 4) is 0 Å². The molecule has 7 nitrogen and oxygen atoms in total. The molecule has 1 saturated heterocycles. The Morgan fingerprint density at radius 2 is 1.79 bits per heavy atom. The zero-order valence-corrected chi connectivity index (χ0v) is 18.6. The van der Waals surface area contributed by atoms with Crippen molar-refractivity contribution in [1.82, 2.24) is 15.5 Å². The number of hydrogen-bond acceptors (Lipinski definition) is 5. The zero-order chi connectivity index (χ0) is 21.6. The van der Waals surface area contributed by atoms with E-state index in [1.54, 1.807) is 24.0 Å². The number of piperidine rings is 1. The number of likely N-dealkylation sites (tertiary alicyclic amines) is 1. The molecule has 0 spiro atoms. The first-order valence-electron chi connectivity index (χ1n) is 9.82. The summed E-state index contributed by atoms with van der Waals surface area (Å²) in [7, 11) is 1.35. The van der Waals surface area contributed by atoms with E-state index in [4.69, 9.17) is 4.74 Å². The Hall–Kier alpha value is -2.22. The van der Waals surface area contributed by atoms with Crippen LogP contribution in [-0.4, -0.2) is 59.8 Å². The SMILES string of the molecule is COC(=O)[C@@H](C)Sc1ccccc1C(=O)NC1CCN(C(=O)NC(C)(C)C)CC1. The summed E-state index contributed by atoms with van der Waals surface area (Å²) < 4.78 is 4.77. The van der Waals surface area contributed by atoms with Gasteiger partial charge >= 0.3 is 12.0 Å². The molecule has 0 aliphatic carbocycles. The Morgan fingerprint density at radius 3 is 2.38 bits per heavy atom. The van der Waals surface area contributed by atoms with Crippen molar-refractivity contribution in [1.29, 1.82) is 0 Å². The smallest absolute Gasteiger partial charge is 0.318 e. The maximum atomic E-state index is 12.8. The number of carbonyl (C=O) groups excluding carboxylic acids is 3. The van der Waals surface area contributed by atoms with E-state index >= 15 is 0 Å². The fourth-order valence-corrected chi connectivity index (χ4v) is 4.07. The number of carbonyl (C=O) groups is 3. The van der Waals surface area contributed by atoms with Gasteiger partial charge in [-0.25, -0.2) is 4.79 Å². The fourth-order valence-electron chi connectivity index (χ4n) is 3.05. The Bertz CT molecular complexity index is 740. The summed E-state index contributed by atoms with van der Waals surface area (Å²) in [6, 6.07) is 7.18. The molecule has 0 bridgehead atoms. The maximum Gasteiger partial charge on any atom is 0.318 e. The first-order chi connectivity index (χ1) is 13.6. The third-order valence-electron chi connectivity index (χ3n) is 4.57. The van der Waals surface area contributed by atoms with E-state index in [2.05, 4.69) is 10.6 Å². The van der Waals surface area contributed by atoms with Crippen LogP contribution in [0.1, 0.15) is 50.9 Å². The first-order valence-corrected chi connectivity index (χ1v) is 10.7. The van der Waals surface area contributed by atoms with Crippen LogP contribution in [0.5, 0.6) is 0 Å². The van der Waals surface area contributed by atoms with Crippen molar-refractivity contribution in [2.45, 2.75) is 62.3 Å². The molecule has 29 heavy (non-hydrogen) atoms. The third-order valence-corrected chi connectivity index (χ3v) is 5.72. The van der Waals surface area contributed by atoms with Crippen molar-refractivity contribution in [2.75, 3.05) is 20.2 Å². The standard InChI is InChI=1S/C21H31N3O4S/c1-14(19(26)28-5)29-17-9-7-6-8-16(17)18(25)22-15-10-12-24(13-11-15)20(27)23-21(2,3)4/h6-9,14-15H,10-13H2,1-5H3,(H,22,25)(H,23,27)/t14-/m1/s1. The summed E-state index contributed by atoms with van der Waals surface area (Å²) in [6.07, 6.45) is 1.41. The lowest BCUT2D eigenvalue weighted by Gasteiger charge is -2.34. The predicted molar refractivity (Wildman–Crippen MR) is 114 cm³/mol. The highest BCUT2D eigenvalue weighted by atomic mass is 32.2. The van der Waals surface area contributed by atoms with Crippen molar-refractivity contribution in [3.63, 3.8) is 0 Å². The average Bonchev–Trinajstić information content (AvgIpc) is 2.66. The molecule has 1 atom stereocenters. The molecule has 3 amide bonds. The molecule has 0 saturated carbocycles. The number of thioether (sulfide) groups is 1. The largest absolute Gasteiger partial charge is 0.468 e. The molecule has 8 heteroatoms. The van der Waals surface area contributed by atoms with Gasteiger partial charge in [-0.2, -0.15) is 0 Å². The highest BCUT2D eigenvalue weighted by molar-refractivity contribution is 8.00. The predicted octanol–water partition coefficient (Wildman–Crippen LogP) is 3.04. The van der Waals surface area contributed by atoms with E-state index in [0.717, 1.165) is 4.90 Å². The average molecular weight is 422 g/mol. The number of ether oxygens (including phenoxy) is 1. The molecule has 1 fully saturated rings. The minimum Gasteiger partial charge on any atom is -0.468 e. The summed E-state index contributed by atoms with van der Waals surface area (Å²) in [5, 5.41) is 5.64. The lowest BCUT2D eigenvalue weighted by molar-refractivity contribution is -0.139. The van der Waals surface area contributed by atoms with E-state index in [9.17, 15) is 14.4 Å². The Balaban J connectivity index is 1.93. The number of esters is 1. The minimum atomic E-state index is -0.404. The van der Waals surface area contributed by atoms with Crippen LogP contribution in [0.15, 0.2) is 29.2 Å². The van der Waals surface area contributed by atoms with Gasteiger partial charge in [0.25, 0.3) is 5.91 Å². The molecule has 1 aliphatic rings. The normalized spacial score (nSPS) is 16.1. The number of hydrogen-bond donors (Lipinski definition) is 2. The number of benzene rings is 1. The Morgan fingerprint density at radius 1 is 1.17 bits per heavy atom. The molecule has 0 aromatic heterocycles. The molecule has 1 heterocycles. The van der Waals surface area contributed by atoms with E-state index in [0.29, 0.717) is 31.5 Å². The van der Waals surface area contributed by atoms with Gasteiger partial charge in [0, 0.05) is 29.6 Å². The second-order valence-electron chi connectivity index (χ2n) is 8.19. The molecular weight excluding hydrogens is 390 g/mol. The van der Waals surface area contributed by atoms with Gasteiger partial charge in [0.15, 0.2) is 0 Å². The van der Waals surface area contributed by atoms with Crippen molar-refractivity contribution in [2.24, 2.45) is 0 Å². The maximum absolute atomic E-state index is 12.8. The van der Waals surface area contributed by atoms with Crippen molar-refractivity contribution in [3.05, 3.63) is 29.8 Å². The number of amides is 3. The Labute approximate surface area is 176 Å². The van der Waals surface area contributed by atoms with Crippen LogP contribution in [0.2, 0.25) is 0 Å². The van der Waals surface area contributed by atoms with Crippen LogP contribution >= 0.6 is 11.8 Å². The number of nitrogens with one attached hydrogen (secondary N) is 2. The van der Waals surface area contributed by atoms with Gasteiger partial charge in [-0.3, -0.25) is 9.59 Å². The van der Waals surface area contributed by atoms with Crippen LogP contribution in [0.25, 0.3) is 0 Å². The van der Waals surface area contributed by atoms with Gasteiger partial charge in [-0.15, -0.1) is 11.8 Å². The van der Waals surface area contributed by atoms with E-state index < -0.39 is 5.25 Å². The van der Waals surface area contributed by atoms with Crippen LogP contribution in [0.4, 0.5) is 4.79 Å². The van der Waals surface area contributed by atoms with Crippen LogP contribution in [0, 0.1) is 0 Å². The number of rotatable bonds is 5. The summed E-state index contributed by atoms with van der Waals surface area (Å²) >= 11 is 1.31. The summed E-state index contributed by atoms with van der Waals surface area (Å²) in [4.78, 5) is 39.3. The molecule has 160 valence electrons. The molecule has 1 aromatic rings. The molecule has 1 aliphatic heterocycles. The van der Waals surface area contributed by atoms with Crippen LogP contribution in [0.3, 0.4) is 0 Å². The number of urea groups is 1. The van der Waals surface area contributed by atoms with Crippen LogP contribution < -0.4 is 10.6 Å². The van der Waals surface area contributed by atoms with Gasteiger partial charge in [0.2, 0.25) is 0 Å². The minimum absolute atomic E-state index is 0.0114. The highest BCUT2D eigenvalue weighted by Crippen LogP contribution is 2.27. The highest BCUT2D eigenvalue weighted by Gasteiger charge is 2.27. The Kier molecular flexibility index (Phi) is 7.96. The quantitative estimate of drug-likeness (QED) is 0.564. The number of methoxy groups -OCH3 is 1. The third kappa shape index (κ3) is 6.96. The zero-order valence-electron chi connectivity index (χ0n) is 17.8. The topological polar surface area (TPSA) is 87.7 Å². The lowest BCUT2D eigenvalue weighted by Crippen LogP contribution is -2.53. The molecule has 1 aromatic carbocycles.